The molecule has 0 aliphatic rings. The Morgan fingerprint density at radius 2 is 1.65 bits per heavy atom. The highest BCUT2D eigenvalue weighted by Crippen LogP contribution is 2.28. The summed E-state index contributed by atoms with van der Waals surface area (Å²) in [5.74, 6) is -0.164. The standard InChI is InChI=1S/C23H23NO2/c1-16-8-13-21(17(2)14-16)22(19-6-4-3-5-7-19)23(26)24-15-18-9-11-20(25)12-10-18/h3-14,22,25H,15H2,1-2H3,(H,24,26). The largest absolute Gasteiger partial charge is 0.508 e. The number of aromatic hydroxyl groups is 1. The number of hydrogen-bond donors (Lipinski definition) is 2. The summed E-state index contributed by atoms with van der Waals surface area (Å²) >= 11 is 0. The van der Waals surface area contributed by atoms with Gasteiger partial charge in [0.25, 0.3) is 0 Å². The van der Waals surface area contributed by atoms with Crippen LogP contribution >= 0.6 is 0 Å². The second kappa shape index (κ2) is 7.87. The van der Waals surface area contributed by atoms with E-state index < -0.39 is 0 Å². The van der Waals surface area contributed by atoms with E-state index in [4.69, 9.17) is 0 Å². The molecule has 0 saturated carbocycles. The average molecular weight is 345 g/mol. The van der Waals surface area contributed by atoms with Gasteiger partial charge >= 0.3 is 0 Å². The Kier molecular flexibility index (Phi) is 5.37. The summed E-state index contributed by atoms with van der Waals surface area (Å²) in [6.07, 6.45) is 0. The minimum Gasteiger partial charge on any atom is -0.508 e. The monoisotopic (exact) mass is 345 g/mol. The summed E-state index contributed by atoms with van der Waals surface area (Å²) < 4.78 is 0. The van der Waals surface area contributed by atoms with Crippen molar-refractivity contribution < 1.29 is 9.90 Å². The number of hydrogen-bond acceptors (Lipinski definition) is 2. The molecule has 1 amide bonds. The van der Waals surface area contributed by atoms with Gasteiger partial charge in [-0.1, -0.05) is 66.2 Å². The third kappa shape index (κ3) is 4.12. The molecule has 3 rings (SSSR count). The molecule has 0 heterocycles. The number of phenolic OH excluding ortho intramolecular Hbond substituents is 1. The van der Waals surface area contributed by atoms with Crippen molar-refractivity contribution in [2.24, 2.45) is 0 Å². The first-order valence-electron chi connectivity index (χ1n) is 8.72. The first kappa shape index (κ1) is 17.7. The summed E-state index contributed by atoms with van der Waals surface area (Å²) in [6, 6.07) is 22.9. The van der Waals surface area contributed by atoms with Crippen LogP contribution in [0, 0.1) is 13.8 Å². The molecule has 0 aromatic heterocycles. The first-order chi connectivity index (χ1) is 12.5. The van der Waals surface area contributed by atoms with Gasteiger partial charge in [0, 0.05) is 6.54 Å². The van der Waals surface area contributed by atoms with E-state index in [-0.39, 0.29) is 17.6 Å². The third-order valence-electron chi connectivity index (χ3n) is 4.53. The Labute approximate surface area is 154 Å². The molecule has 3 heteroatoms. The summed E-state index contributed by atoms with van der Waals surface area (Å²) in [5, 5.41) is 12.4. The molecule has 1 atom stereocenters. The van der Waals surface area contributed by atoms with Crippen molar-refractivity contribution in [1.82, 2.24) is 5.32 Å². The minimum atomic E-state index is -0.353. The van der Waals surface area contributed by atoms with Crippen LogP contribution in [0.5, 0.6) is 5.75 Å². The summed E-state index contributed by atoms with van der Waals surface area (Å²) in [4.78, 5) is 13.1. The predicted molar refractivity (Wildman–Crippen MR) is 104 cm³/mol. The molecule has 3 aromatic carbocycles. The van der Waals surface area contributed by atoms with Gasteiger partial charge in [-0.15, -0.1) is 0 Å². The topological polar surface area (TPSA) is 49.3 Å². The van der Waals surface area contributed by atoms with Crippen molar-refractivity contribution in [3.63, 3.8) is 0 Å². The molecule has 0 bridgehead atoms. The lowest BCUT2D eigenvalue weighted by Crippen LogP contribution is -2.30. The quantitative estimate of drug-likeness (QED) is 0.717. The lowest BCUT2D eigenvalue weighted by atomic mass is 9.87. The van der Waals surface area contributed by atoms with E-state index in [9.17, 15) is 9.90 Å². The Morgan fingerprint density at radius 3 is 2.31 bits per heavy atom. The molecule has 0 spiro atoms. The van der Waals surface area contributed by atoms with E-state index in [2.05, 4.69) is 18.3 Å². The molecule has 3 nitrogen and oxygen atoms in total. The molecule has 132 valence electrons. The zero-order valence-corrected chi connectivity index (χ0v) is 15.1. The number of phenols is 1. The zero-order valence-electron chi connectivity index (χ0n) is 15.1. The van der Waals surface area contributed by atoms with Crippen molar-refractivity contribution in [3.05, 3.63) is 101 Å². The Hall–Kier alpha value is -3.07. The minimum absolute atomic E-state index is 0.0313. The van der Waals surface area contributed by atoms with Gasteiger partial charge in [0.2, 0.25) is 5.91 Å². The van der Waals surface area contributed by atoms with Gasteiger partial charge < -0.3 is 10.4 Å². The highest BCUT2D eigenvalue weighted by molar-refractivity contribution is 5.87. The Bertz CT molecular complexity index is 886. The van der Waals surface area contributed by atoms with Gasteiger partial charge in [0.05, 0.1) is 5.92 Å². The number of aryl methyl sites for hydroxylation is 2. The van der Waals surface area contributed by atoms with Gasteiger partial charge in [-0.05, 0) is 48.2 Å². The summed E-state index contributed by atoms with van der Waals surface area (Å²) in [5.41, 5.74) is 5.23. The smallest absolute Gasteiger partial charge is 0.232 e. The molecule has 0 aliphatic carbocycles. The van der Waals surface area contributed by atoms with Crippen LogP contribution in [0.25, 0.3) is 0 Å². The lowest BCUT2D eigenvalue weighted by molar-refractivity contribution is -0.121. The maximum atomic E-state index is 13.1. The normalized spacial score (nSPS) is 11.8. The fourth-order valence-electron chi connectivity index (χ4n) is 3.17. The highest BCUT2D eigenvalue weighted by Gasteiger charge is 2.24. The van der Waals surface area contributed by atoms with Crippen LogP contribution in [0.4, 0.5) is 0 Å². The van der Waals surface area contributed by atoms with Gasteiger partial charge in [-0.3, -0.25) is 4.79 Å². The summed E-state index contributed by atoms with van der Waals surface area (Å²) in [7, 11) is 0. The highest BCUT2D eigenvalue weighted by atomic mass is 16.3. The fourth-order valence-corrected chi connectivity index (χ4v) is 3.17. The lowest BCUT2D eigenvalue weighted by Gasteiger charge is -2.20. The molecule has 0 radical (unpaired) electrons. The third-order valence-corrected chi connectivity index (χ3v) is 4.53. The van der Waals surface area contributed by atoms with Crippen molar-refractivity contribution in [1.29, 1.82) is 0 Å². The van der Waals surface area contributed by atoms with Gasteiger partial charge in [-0.2, -0.15) is 0 Å². The Morgan fingerprint density at radius 1 is 0.962 bits per heavy atom. The van der Waals surface area contributed by atoms with Crippen molar-refractivity contribution in [3.8, 4) is 5.75 Å². The van der Waals surface area contributed by atoms with E-state index in [1.165, 1.54) is 5.56 Å². The molecular formula is C23H23NO2. The number of rotatable bonds is 5. The van der Waals surface area contributed by atoms with Crippen LogP contribution in [-0.4, -0.2) is 11.0 Å². The zero-order chi connectivity index (χ0) is 18.5. The van der Waals surface area contributed by atoms with E-state index >= 15 is 0 Å². The SMILES string of the molecule is Cc1ccc(C(C(=O)NCc2ccc(O)cc2)c2ccccc2)c(C)c1. The average Bonchev–Trinajstić information content (AvgIpc) is 2.64. The maximum absolute atomic E-state index is 13.1. The molecule has 0 saturated heterocycles. The fraction of sp³-hybridized carbons (Fsp3) is 0.174. The molecule has 26 heavy (non-hydrogen) atoms. The number of carbonyl (C=O) groups is 1. The number of nitrogens with one attached hydrogen (secondary N) is 1. The van der Waals surface area contributed by atoms with Gasteiger partial charge in [-0.25, -0.2) is 0 Å². The molecule has 3 aromatic rings. The van der Waals surface area contributed by atoms with Crippen molar-refractivity contribution >= 4 is 5.91 Å². The molecule has 1 unspecified atom stereocenters. The van der Waals surface area contributed by atoms with Crippen molar-refractivity contribution in [2.75, 3.05) is 0 Å². The van der Waals surface area contributed by atoms with E-state index in [0.29, 0.717) is 6.54 Å². The van der Waals surface area contributed by atoms with Crippen LogP contribution in [-0.2, 0) is 11.3 Å². The number of carbonyl (C=O) groups excluding carboxylic acids is 1. The summed E-state index contributed by atoms with van der Waals surface area (Å²) in [6.45, 7) is 4.53. The molecule has 0 aliphatic heterocycles. The van der Waals surface area contributed by atoms with Crippen LogP contribution in [0.15, 0.2) is 72.8 Å². The van der Waals surface area contributed by atoms with E-state index in [1.54, 1.807) is 12.1 Å². The number of amides is 1. The first-order valence-corrected chi connectivity index (χ1v) is 8.72. The molecular weight excluding hydrogens is 322 g/mol. The van der Waals surface area contributed by atoms with Crippen LogP contribution in [0.3, 0.4) is 0 Å². The Balaban J connectivity index is 1.87. The van der Waals surface area contributed by atoms with Gasteiger partial charge in [0.15, 0.2) is 0 Å². The molecule has 2 N–H and O–H groups in total. The van der Waals surface area contributed by atoms with Crippen LogP contribution in [0.1, 0.15) is 33.7 Å². The van der Waals surface area contributed by atoms with Crippen LogP contribution in [0.2, 0.25) is 0 Å². The van der Waals surface area contributed by atoms with Gasteiger partial charge in [0.1, 0.15) is 5.75 Å². The predicted octanol–water partition coefficient (Wildman–Crippen LogP) is 4.46. The second-order valence-electron chi connectivity index (χ2n) is 6.59. The van der Waals surface area contributed by atoms with Crippen molar-refractivity contribution in [2.45, 2.75) is 26.3 Å². The number of benzene rings is 3. The molecule has 0 fully saturated rings. The van der Waals surface area contributed by atoms with Crippen LogP contribution < -0.4 is 5.32 Å². The second-order valence-corrected chi connectivity index (χ2v) is 6.59. The van der Waals surface area contributed by atoms with E-state index in [0.717, 1.165) is 22.3 Å². The van der Waals surface area contributed by atoms with E-state index in [1.807, 2.05) is 61.5 Å². The maximum Gasteiger partial charge on any atom is 0.232 e.